The number of carbonyl (C=O) groups excluding carboxylic acids is 1. The third-order valence-corrected chi connectivity index (χ3v) is 6.08. The number of halogens is 1. The van der Waals surface area contributed by atoms with Crippen LogP contribution in [0.25, 0.3) is 0 Å². The Balaban J connectivity index is 1.43. The van der Waals surface area contributed by atoms with E-state index in [-0.39, 0.29) is 11.7 Å². The van der Waals surface area contributed by atoms with E-state index in [1.54, 1.807) is 4.90 Å². The Bertz CT molecular complexity index is 1130. The Morgan fingerprint density at radius 1 is 0.938 bits per heavy atom. The summed E-state index contributed by atoms with van der Waals surface area (Å²) in [5.41, 5.74) is 2.60. The zero-order valence-corrected chi connectivity index (χ0v) is 19.1. The predicted molar refractivity (Wildman–Crippen MR) is 131 cm³/mol. The summed E-state index contributed by atoms with van der Waals surface area (Å²) in [5, 5.41) is 13.2. The van der Waals surface area contributed by atoms with Crippen molar-refractivity contribution >= 4 is 46.3 Å². The van der Waals surface area contributed by atoms with Gasteiger partial charge in [0.2, 0.25) is 5.91 Å². The fourth-order valence-electron chi connectivity index (χ4n) is 3.16. The zero-order valence-electron chi connectivity index (χ0n) is 17.5. The maximum atomic E-state index is 13.2. The van der Waals surface area contributed by atoms with Gasteiger partial charge in [-0.15, -0.1) is 10.2 Å². The molecule has 8 heteroatoms. The highest BCUT2D eigenvalue weighted by Crippen LogP contribution is 2.27. The average molecular weight is 464 g/mol. The topological polar surface area (TPSA) is 63.1 Å². The minimum Gasteiger partial charge on any atom is -0.378 e. The van der Waals surface area contributed by atoms with E-state index in [0.29, 0.717) is 16.7 Å². The molecule has 0 saturated carbocycles. The maximum Gasteiger partial charge on any atom is 0.242 e. The Labute approximate surface area is 196 Å². The summed E-state index contributed by atoms with van der Waals surface area (Å²) in [6.45, 7) is 0.514. The van der Waals surface area contributed by atoms with E-state index >= 15 is 0 Å². The summed E-state index contributed by atoms with van der Waals surface area (Å²) in [6, 6.07) is 26.8. The minimum atomic E-state index is -0.0313. The first kappa shape index (κ1) is 21.9. The molecule has 0 atom stereocenters. The number of carbonyl (C=O) groups is 1. The van der Waals surface area contributed by atoms with Crippen molar-refractivity contribution in [2.45, 2.75) is 11.7 Å². The van der Waals surface area contributed by atoms with Crippen LogP contribution in [0.5, 0.6) is 0 Å². The zero-order chi connectivity index (χ0) is 22.3. The van der Waals surface area contributed by atoms with Gasteiger partial charge >= 0.3 is 0 Å². The van der Waals surface area contributed by atoms with Gasteiger partial charge in [-0.2, -0.15) is 0 Å². The highest BCUT2D eigenvalue weighted by molar-refractivity contribution is 7.99. The molecule has 0 saturated heterocycles. The number of anilines is 3. The molecule has 0 bridgehead atoms. The molecule has 32 heavy (non-hydrogen) atoms. The number of hydrogen-bond acceptors (Lipinski definition) is 5. The number of amides is 1. The van der Waals surface area contributed by atoms with Gasteiger partial charge in [-0.1, -0.05) is 59.8 Å². The van der Waals surface area contributed by atoms with Gasteiger partial charge < -0.3 is 9.88 Å². The minimum absolute atomic E-state index is 0.0313. The highest BCUT2D eigenvalue weighted by Gasteiger charge is 2.19. The molecule has 3 aromatic carbocycles. The van der Waals surface area contributed by atoms with E-state index in [1.165, 1.54) is 11.8 Å². The molecule has 6 nitrogen and oxygen atoms in total. The van der Waals surface area contributed by atoms with Crippen molar-refractivity contribution in [3.63, 3.8) is 0 Å². The number of hydrogen-bond donors (Lipinski definition) is 1. The van der Waals surface area contributed by atoms with Gasteiger partial charge in [-0.3, -0.25) is 9.69 Å². The van der Waals surface area contributed by atoms with Crippen LogP contribution >= 0.6 is 23.4 Å². The van der Waals surface area contributed by atoms with Gasteiger partial charge in [0.15, 0.2) is 11.0 Å². The van der Waals surface area contributed by atoms with Crippen LogP contribution in [0.1, 0.15) is 5.82 Å². The van der Waals surface area contributed by atoms with Crippen LogP contribution in [0, 0.1) is 0 Å². The second kappa shape index (κ2) is 10.3. The lowest BCUT2D eigenvalue weighted by atomic mass is 10.2. The molecule has 0 spiro atoms. The van der Waals surface area contributed by atoms with Gasteiger partial charge in [-0.05, 0) is 48.5 Å². The van der Waals surface area contributed by atoms with Crippen molar-refractivity contribution < 1.29 is 4.79 Å². The third kappa shape index (κ3) is 5.30. The molecule has 1 heterocycles. The molecule has 162 valence electrons. The molecular formula is C24H22ClN5OS. The van der Waals surface area contributed by atoms with E-state index in [4.69, 9.17) is 11.6 Å². The summed E-state index contributed by atoms with van der Waals surface area (Å²) in [4.78, 5) is 14.9. The van der Waals surface area contributed by atoms with Crippen molar-refractivity contribution in [1.82, 2.24) is 14.8 Å². The first-order valence-electron chi connectivity index (χ1n) is 10.1. The fourth-order valence-corrected chi connectivity index (χ4v) is 4.06. The van der Waals surface area contributed by atoms with Crippen LogP contribution in [0.2, 0.25) is 5.02 Å². The van der Waals surface area contributed by atoms with Crippen molar-refractivity contribution in [3.8, 4) is 0 Å². The van der Waals surface area contributed by atoms with E-state index in [9.17, 15) is 4.79 Å². The Morgan fingerprint density at radius 3 is 2.12 bits per heavy atom. The molecule has 0 aliphatic rings. The van der Waals surface area contributed by atoms with Crippen LogP contribution in [-0.2, 0) is 18.4 Å². The molecular weight excluding hydrogens is 442 g/mol. The van der Waals surface area contributed by atoms with Crippen LogP contribution in [0.15, 0.2) is 90.1 Å². The first-order chi connectivity index (χ1) is 15.6. The average Bonchev–Trinajstić information content (AvgIpc) is 3.18. The lowest BCUT2D eigenvalue weighted by molar-refractivity contribution is -0.115. The van der Waals surface area contributed by atoms with Gasteiger partial charge in [0, 0.05) is 29.1 Å². The lowest BCUT2D eigenvalue weighted by Crippen LogP contribution is -2.27. The molecule has 1 aromatic heterocycles. The molecule has 0 aliphatic heterocycles. The number of nitrogens with zero attached hydrogens (tertiary/aromatic N) is 4. The molecule has 4 rings (SSSR count). The monoisotopic (exact) mass is 463 g/mol. The summed E-state index contributed by atoms with van der Waals surface area (Å²) in [6.07, 6.45) is 0. The molecule has 1 N–H and O–H groups in total. The highest BCUT2D eigenvalue weighted by atomic mass is 35.5. The summed E-state index contributed by atoms with van der Waals surface area (Å²) >= 11 is 7.30. The smallest absolute Gasteiger partial charge is 0.242 e. The fraction of sp³-hybridized carbons (Fsp3) is 0.125. The number of aromatic nitrogens is 3. The molecule has 0 unspecified atom stereocenters. The number of para-hydroxylation sites is 2. The quantitative estimate of drug-likeness (QED) is 0.348. The van der Waals surface area contributed by atoms with Crippen LogP contribution < -0.4 is 10.2 Å². The summed E-state index contributed by atoms with van der Waals surface area (Å²) in [5.74, 6) is 0.981. The van der Waals surface area contributed by atoms with Crippen molar-refractivity contribution in [2.24, 2.45) is 7.05 Å². The lowest BCUT2D eigenvalue weighted by Gasteiger charge is -2.22. The molecule has 0 aliphatic carbocycles. The third-order valence-electron chi connectivity index (χ3n) is 4.82. The van der Waals surface area contributed by atoms with E-state index in [0.717, 1.165) is 22.9 Å². The van der Waals surface area contributed by atoms with Crippen molar-refractivity contribution in [2.75, 3.05) is 16.0 Å². The Hall–Kier alpha value is -3.29. The normalized spacial score (nSPS) is 10.7. The van der Waals surface area contributed by atoms with Crippen LogP contribution in [0.3, 0.4) is 0 Å². The maximum absolute atomic E-state index is 13.2. The van der Waals surface area contributed by atoms with E-state index in [2.05, 4.69) is 15.5 Å². The second-order valence-corrected chi connectivity index (χ2v) is 8.39. The summed E-state index contributed by atoms with van der Waals surface area (Å²) < 4.78 is 1.90. The standard InChI is InChI=1S/C24H22ClN5OS/c1-29-22(16-26-19-14-12-18(25)13-15-19)27-28-24(29)32-17-23(31)30(20-8-4-2-5-9-20)21-10-6-3-7-11-21/h2-15,26H,16-17H2,1H3. The number of thioether (sulfide) groups is 1. The SMILES string of the molecule is Cn1c(CNc2ccc(Cl)cc2)nnc1SCC(=O)N(c1ccccc1)c1ccccc1. The largest absolute Gasteiger partial charge is 0.378 e. The number of rotatable bonds is 8. The second-order valence-electron chi connectivity index (χ2n) is 7.01. The number of nitrogens with one attached hydrogen (secondary N) is 1. The first-order valence-corrected chi connectivity index (χ1v) is 11.4. The van der Waals surface area contributed by atoms with Gasteiger partial charge in [0.05, 0.1) is 12.3 Å². The van der Waals surface area contributed by atoms with E-state index < -0.39 is 0 Å². The van der Waals surface area contributed by atoms with E-state index in [1.807, 2.05) is 96.5 Å². The molecule has 0 fully saturated rings. The molecule has 1 amide bonds. The Morgan fingerprint density at radius 2 is 1.53 bits per heavy atom. The van der Waals surface area contributed by atoms with Gasteiger partial charge in [-0.25, -0.2) is 0 Å². The van der Waals surface area contributed by atoms with Crippen LogP contribution in [-0.4, -0.2) is 26.4 Å². The van der Waals surface area contributed by atoms with Crippen molar-refractivity contribution in [1.29, 1.82) is 0 Å². The Kier molecular flexibility index (Phi) is 7.09. The molecule has 4 aromatic rings. The van der Waals surface area contributed by atoms with Gasteiger partial charge in [0.25, 0.3) is 0 Å². The predicted octanol–water partition coefficient (Wildman–Crippen LogP) is 5.54. The van der Waals surface area contributed by atoms with Crippen LogP contribution in [0.4, 0.5) is 17.1 Å². The number of benzene rings is 3. The summed E-state index contributed by atoms with van der Waals surface area (Å²) in [7, 11) is 1.90. The van der Waals surface area contributed by atoms with Crippen molar-refractivity contribution in [3.05, 3.63) is 95.8 Å². The molecule has 0 radical (unpaired) electrons. The van der Waals surface area contributed by atoms with Gasteiger partial charge in [0.1, 0.15) is 0 Å².